The molecular formula is C79H76N14O5. The number of carboxylic acids is 1. The number of carboxylic acid groups (broad SMARTS) is 1. The third-order valence-electron chi connectivity index (χ3n) is 16.4. The zero-order chi connectivity index (χ0) is 68.5. The number of carbonyl (C=O) groups is 2. The van der Waals surface area contributed by atoms with Crippen molar-refractivity contribution >= 4 is 23.4 Å². The van der Waals surface area contributed by atoms with Gasteiger partial charge in [0.2, 0.25) is 0 Å². The van der Waals surface area contributed by atoms with Crippen LogP contribution in [0.3, 0.4) is 0 Å². The summed E-state index contributed by atoms with van der Waals surface area (Å²) >= 11 is 0. The van der Waals surface area contributed by atoms with Crippen molar-refractivity contribution in [3.05, 3.63) is 313 Å². The Morgan fingerprint density at radius 2 is 0.827 bits per heavy atom. The number of carbonyl (C=O) groups excluding carboxylic acids is 1. The smallest absolute Gasteiger partial charge is 0.411 e. The first-order valence-electron chi connectivity index (χ1n) is 32.2. The molecule has 0 saturated heterocycles. The van der Waals surface area contributed by atoms with Crippen LogP contribution in [-0.4, -0.2) is 80.3 Å². The minimum Gasteiger partial charge on any atom is -0.478 e. The number of benzene rings is 8. The molecule has 19 nitrogen and oxygen atoms in total. The third-order valence-corrected chi connectivity index (χ3v) is 16.4. The van der Waals surface area contributed by atoms with Crippen LogP contribution >= 0.6 is 0 Å². The molecule has 19 heteroatoms. The fourth-order valence-corrected chi connectivity index (χ4v) is 11.3. The molecule has 6 heterocycles. The first-order chi connectivity index (χ1) is 47.8. The number of nitrogens with two attached hydrogens (primary N) is 1. The van der Waals surface area contributed by atoms with E-state index < -0.39 is 12.1 Å². The lowest BCUT2D eigenvalue weighted by Gasteiger charge is -2.11. The Labute approximate surface area is 569 Å². The molecule has 0 aliphatic heterocycles. The minimum absolute atomic E-state index is 0.140. The number of imidazole rings is 3. The van der Waals surface area contributed by atoms with Crippen molar-refractivity contribution in [2.24, 2.45) is 0 Å². The largest absolute Gasteiger partial charge is 0.478 e. The molecule has 0 aliphatic rings. The summed E-state index contributed by atoms with van der Waals surface area (Å²) in [5.41, 5.74) is 27.4. The Morgan fingerprint density at radius 1 is 0.459 bits per heavy atom. The number of aliphatic hydroxyl groups excluding tert-OH is 1. The Kier molecular flexibility index (Phi) is 21.6. The number of nitrogens with one attached hydrogen (secondary N) is 1. The fourth-order valence-electron chi connectivity index (χ4n) is 11.3. The van der Waals surface area contributed by atoms with Crippen molar-refractivity contribution in [2.45, 2.75) is 74.0 Å². The molecule has 6 aromatic heterocycles. The molecule has 14 aromatic rings. The molecule has 0 radical (unpaired) electrons. The maximum absolute atomic E-state index is 12.3. The van der Waals surface area contributed by atoms with E-state index in [-0.39, 0.29) is 18.8 Å². The van der Waals surface area contributed by atoms with Crippen LogP contribution in [0.1, 0.15) is 76.0 Å². The van der Waals surface area contributed by atoms with Crippen molar-refractivity contribution < 1.29 is 24.5 Å². The molecule has 8 aromatic carbocycles. The quantitative estimate of drug-likeness (QED) is 0.0624. The number of hydrogen-bond acceptors (Lipinski definition) is 11. The second-order valence-corrected chi connectivity index (χ2v) is 23.0. The average molecular weight is 1300 g/mol. The summed E-state index contributed by atoms with van der Waals surface area (Å²) in [6.07, 6.45) is 18.9. The van der Waals surface area contributed by atoms with Gasteiger partial charge in [-0.15, -0.1) is 0 Å². The van der Waals surface area contributed by atoms with E-state index in [4.69, 9.17) is 15.6 Å². The summed E-state index contributed by atoms with van der Waals surface area (Å²) < 4.78 is 17.1. The highest BCUT2D eigenvalue weighted by Crippen LogP contribution is 2.31. The molecule has 0 fully saturated rings. The second kappa shape index (κ2) is 31.6. The third kappa shape index (κ3) is 15.8. The lowest BCUT2D eigenvalue weighted by Crippen LogP contribution is -2.13. The lowest BCUT2D eigenvalue weighted by atomic mass is 10.1. The van der Waals surface area contributed by atoms with Crippen LogP contribution < -0.4 is 11.1 Å². The summed E-state index contributed by atoms with van der Waals surface area (Å²) in [5, 5.41) is 34.4. The van der Waals surface area contributed by atoms with E-state index in [1.165, 1.54) is 0 Å². The van der Waals surface area contributed by atoms with Gasteiger partial charge in [0.1, 0.15) is 6.61 Å². The lowest BCUT2D eigenvalue weighted by molar-refractivity contribution is 0.0696. The van der Waals surface area contributed by atoms with Gasteiger partial charge in [-0.2, -0.15) is 15.3 Å². The van der Waals surface area contributed by atoms with Crippen molar-refractivity contribution in [1.29, 1.82) is 0 Å². The highest BCUT2D eigenvalue weighted by Gasteiger charge is 2.20. The Hall–Kier alpha value is -12.5. The number of aryl methyl sites for hydroxylation is 3. The SMILES string of the molecule is CCc1c(-c2cn(-c3cc(C(=O)O)ccc3C)cn2)cnn1-c1ccccc1.CCc1c(-c2cn(-c3cc(N)ccc3C)cn2)cnn1-c1ccccc1.CCc1c(-c2cn(-c3cc(NC(=O)OCc4ccccc4)ccc3C)cn2)cnn1-c1ccccc1.OCc1ccccc1. The van der Waals surface area contributed by atoms with E-state index in [1.807, 2.05) is 267 Å². The molecule has 14 rings (SSSR count). The second-order valence-electron chi connectivity index (χ2n) is 23.0. The number of amides is 1. The van der Waals surface area contributed by atoms with Crippen LogP contribution in [0.2, 0.25) is 0 Å². The number of nitrogens with zero attached hydrogens (tertiary/aromatic N) is 12. The molecule has 0 spiro atoms. The number of anilines is 2. The number of aromatic nitrogens is 12. The zero-order valence-electron chi connectivity index (χ0n) is 55.4. The van der Waals surface area contributed by atoms with Gasteiger partial charge in [0.15, 0.2) is 0 Å². The van der Waals surface area contributed by atoms with Crippen LogP contribution in [0.15, 0.2) is 262 Å². The zero-order valence-corrected chi connectivity index (χ0v) is 55.4. The number of hydrogen-bond donors (Lipinski definition) is 4. The number of aromatic carboxylic acids is 1. The van der Waals surface area contributed by atoms with E-state index >= 15 is 0 Å². The van der Waals surface area contributed by atoms with Gasteiger partial charge in [-0.05, 0) is 141 Å². The van der Waals surface area contributed by atoms with Crippen LogP contribution in [-0.2, 0) is 37.2 Å². The van der Waals surface area contributed by atoms with Gasteiger partial charge in [-0.3, -0.25) is 5.32 Å². The number of rotatable bonds is 17. The maximum Gasteiger partial charge on any atom is 0.411 e. The van der Waals surface area contributed by atoms with Gasteiger partial charge >= 0.3 is 12.1 Å². The van der Waals surface area contributed by atoms with Crippen molar-refractivity contribution in [3.8, 4) is 67.9 Å². The van der Waals surface area contributed by atoms with Crippen molar-refractivity contribution in [1.82, 2.24) is 58.0 Å². The average Bonchev–Trinajstić information content (AvgIpc) is 1.54. The molecule has 492 valence electrons. The highest BCUT2D eigenvalue weighted by molar-refractivity contribution is 5.88. The van der Waals surface area contributed by atoms with Crippen LogP contribution in [0.5, 0.6) is 0 Å². The summed E-state index contributed by atoms with van der Waals surface area (Å²) in [6.45, 7) is 12.7. The Morgan fingerprint density at radius 3 is 1.21 bits per heavy atom. The van der Waals surface area contributed by atoms with E-state index in [9.17, 15) is 14.7 Å². The van der Waals surface area contributed by atoms with Crippen molar-refractivity contribution in [2.75, 3.05) is 11.1 Å². The van der Waals surface area contributed by atoms with Gasteiger partial charge in [-0.1, -0.05) is 154 Å². The van der Waals surface area contributed by atoms with E-state index in [1.54, 1.807) is 24.8 Å². The standard InChI is InChI=1S/C29H27N5O2.C22H20N4O2.C21H21N5.C7H8O/c1-3-27-25(17-31-34(27)24-12-8-5-9-13-24)26-18-33(20-30-26)28-16-23(15-14-21(28)2)32-29(35)36-19-22-10-6-4-7-11-22;1-3-20-18(12-24-26(20)17-7-5-4-6-8-17)19-13-25(14-23-19)21-11-16(22(27)28)10-9-15(21)2;1-3-20-18(12-24-26(20)17-7-5-4-6-8-17)19-13-25(14-23-19)21-11-16(22)10-9-15(21)2;8-6-7-4-2-1-3-5-7/h4-18,20H,3,19H2,1-2H3,(H,32,35);4-14H,3H2,1-2H3,(H,27,28);4-14H,3,22H2,1-2H3;1-5,8H,6H2. The van der Waals surface area contributed by atoms with Crippen LogP contribution in [0.25, 0.3) is 67.9 Å². The van der Waals surface area contributed by atoms with Crippen molar-refractivity contribution in [3.63, 3.8) is 0 Å². The van der Waals surface area contributed by atoms with Gasteiger partial charge in [-0.25, -0.2) is 38.6 Å². The monoisotopic (exact) mass is 1300 g/mol. The Balaban J connectivity index is 0.000000142. The predicted molar refractivity (Wildman–Crippen MR) is 385 cm³/mol. The molecular weight excluding hydrogens is 1220 g/mol. The number of aliphatic hydroxyl groups is 1. The number of nitrogen functional groups attached to an aromatic ring is 1. The Bertz CT molecular complexity index is 4940. The van der Waals surface area contributed by atoms with Gasteiger partial charge in [0.25, 0.3) is 0 Å². The highest BCUT2D eigenvalue weighted by atomic mass is 16.5. The molecule has 0 aliphatic carbocycles. The topological polar surface area (TPSA) is 229 Å². The molecule has 98 heavy (non-hydrogen) atoms. The molecule has 0 bridgehead atoms. The first kappa shape index (κ1) is 67.0. The number of para-hydroxylation sites is 3. The summed E-state index contributed by atoms with van der Waals surface area (Å²) in [4.78, 5) is 37.5. The van der Waals surface area contributed by atoms with E-state index in [0.717, 1.165) is 138 Å². The molecule has 0 saturated carbocycles. The van der Waals surface area contributed by atoms with Gasteiger partial charge in [0.05, 0.1) is 118 Å². The fraction of sp³-hybridized carbons (Fsp3) is 0.139. The molecule has 1 amide bonds. The first-order valence-corrected chi connectivity index (χ1v) is 32.2. The maximum atomic E-state index is 12.3. The van der Waals surface area contributed by atoms with Crippen LogP contribution in [0, 0.1) is 20.8 Å². The van der Waals surface area contributed by atoms with E-state index in [0.29, 0.717) is 5.69 Å². The normalized spacial score (nSPS) is 10.8. The summed E-state index contributed by atoms with van der Waals surface area (Å²) in [6, 6.07) is 66.1. The molecule has 5 N–H and O–H groups in total. The number of ether oxygens (including phenoxy) is 1. The molecule has 0 atom stereocenters. The van der Waals surface area contributed by atoms with Gasteiger partial charge < -0.3 is 34.4 Å². The minimum atomic E-state index is -0.945. The van der Waals surface area contributed by atoms with Crippen LogP contribution in [0.4, 0.5) is 16.2 Å². The predicted octanol–water partition coefficient (Wildman–Crippen LogP) is 16.0. The van der Waals surface area contributed by atoms with E-state index in [2.05, 4.69) is 75.4 Å². The summed E-state index contributed by atoms with van der Waals surface area (Å²) in [7, 11) is 0. The molecule has 0 unspecified atom stereocenters. The van der Waals surface area contributed by atoms with Gasteiger partial charge in [0, 0.05) is 46.7 Å². The summed E-state index contributed by atoms with van der Waals surface area (Å²) in [5.74, 6) is -0.945.